The van der Waals surface area contributed by atoms with E-state index in [9.17, 15) is 9.59 Å². The van der Waals surface area contributed by atoms with E-state index in [0.29, 0.717) is 42.5 Å². The molecule has 0 saturated carbocycles. The first-order valence-corrected chi connectivity index (χ1v) is 9.04. The van der Waals surface area contributed by atoms with Gasteiger partial charge in [0.15, 0.2) is 11.5 Å². The molecular formula is C21H24N2O4. The van der Waals surface area contributed by atoms with Crippen LogP contribution in [0.2, 0.25) is 0 Å². The Morgan fingerprint density at radius 2 is 1.78 bits per heavy atom. The molecule has 142 valence electrons. The molecule has 0 saturated heterocycles. The van der Waals surface area contributed by atoms with E-state index < -0.39 is 0 Å². The normalized spacial score (nSPS) is 12.4. The second-order valence-corrected chi connectivity index (χ2v) is 6.54. The minimum absolute atomic E-state index is 0.0168. The fraction of sp³-hybridized carbons (Fsp3) is 0.333. The molecule has 0 atom stereocenters. The molecule has 6 heteroatoms. The lowest BCUT2D eigenvalue weighted by molar-refractivity contribution is -0.116. The lowest BCUT2D eigenvalue weighted by Gasteiger charge is -2.22. The van der Waals surface area contributed by atoms with Gasteiger partial charge in [0.25, 0.3) is 5.91 Å². The number of hydrogen-bond acceptors (Lipinski definition) is 4. The second-order valence-electron chi connectivity index (χ2n) is 6.54. The van der Waals surface area contributed by atoms with E-state index in [-0.39, 0.29) is 18.4 Å². The average molecular weight is 368 g/mol. The van der Waals surface area contributed by atoms with Crippen molar-refractivity contribution in [3.8, 4) is 11.5 Å². The highest BCUT2D eigenvalue weighted by atomic mass is 16.6. The van der Waals surface area contributed by atoms with Crippen LogP contribution in [0.3, 0.4) is 0 Å². The van der Waals surface area contributed by atoms with Crippen LogP contribution < -0.4 is 14.8 Å². The minimum Gasteiger partial charge on any atom is -0.486 e. The molecule has 0 fully saturated rings. The van der Waals surface area contributed by atoms with Crippen molar-refractivity contribution < 1.29 is 19.1 Å². The van der Waals surface area contributed by atoms with Crippen LogP contribution in [0.25, 0.3) is 0 Å². The topological polar surface area (TPSA) is 67.9 Å². The van der Waals surface area contributed by atoms with Gasteiger partial charge in [0.05, 0.1) is 0 Å². The van der Waals surface area contributed by atoms with Gasteiger partial charge in [-0.05, 0) is 44.5 Å². The van der Waals surface area contributed by atoms with E-state index in [4.69, 9.17) is 9.47 Å². The predicted molar refractivity (Wildman–Crippen MR) is 104 cm³/mol. The lowest BCUT2D eigenvalue weighted by Crippen LogP contribution is -2.38. The number of aryl methyl sites for hydroxylation is 2. The number of hydrogen-bond donors (Lipinski definition) is 1. The van der Waals surface area contributed by atoms with Crippen molar-refractivity contribution in [3.05, 3.63) is 53.1 Å². The van der Waals surface area contributed by atoms with E-state index in [1.807, 2.05) is 39.0 Å². The molecule has 0 unspecified atom stereocenters. The number of carbonyl (C=O) groups excluding carboxylic acids is 2. The lowest BCUT2D eigenvalue weighted by atomic mass is 10.0. The zero-order valence-electron chi connectivity index (χ0n) is 15.9. The molecule has 27 heavy (non-hydrogen) atoms. The third-order valence-corrected chi connectivity index (χ3v) is 4.44. The molecule has 1 aliphatic rings. The fourth-order valence-corrected chi connectivity index (χ4v) is 3.05. The molecule has 6 nitrogen and oxygen atoms in total. The maximum Gasteiger partial charge on any atom is 0.254 e. The number of fused-ring (bicyclic) bond motifs is 1. The first-order chi connectivity index (χ1) is 13.0. The van der Waals surface area contributed by atoms with Gasteiger partial charge in [-0.2, -0.15) is 0 Å². The Labute approximate surface area is 159 Å². The van der Waals surface area contributed by atoms with Crippen molar-refractivity contribution >= 4 is 17.5 Å². The number of anilines is 1. The van der Waals surface area contributed by atoms with E-state index >= 15 is 0 Å². The Bertz CT molecular complexity index is 863. The molecule has 2 aromatic carbocycles. The Morgan fingerprint density at radius 1 is 1.04 bits per heavy atom. The number of rotatable bonds is 5. The second kappa shape index (κ2) is 8.12. The molecule has 0 bridgehead atoms. The number of nitrogens with zero attached hydrogens (tertiary/aromatic N) is 1. The average Bonchev–Trinajstić information content (AvgIpc) is 2.65. The summed E-state index contributed by atoms with van der Waals surface area (Å²) < 4.78 is 11.0. The first kappa shape index (κ1) is 18.8. The van der Waals surface area contributed by atoms with Crippen molar-refractivity contribution in [1.29, 1.82) is 0 Å². The monoisotopic (exact) mass is 368 g/mol. The van der Waals surface area contributed by atoms with Crippen LogP contribution in [0.5, 0.6) is 11.5 Å². The molecular weight excluding hydrogens is 344 g/mol. The Balaban J connectivity index is 1.67. The van der Waals surface area contributed by atoms with Gasteiger partial charge in [-0.1, -0.05) is 17.7 Å². The summed E-state index contributed by atoms with van der Waals surface area (Å²) in [5, 5.41) is 2.82. The van der Waals surface area contributed by atoms with Crippen molar-refractivity contribution in [1.82, 2.24) is 4.90 Å². The van der Waals surface area contributed by atoms with Crippen LogP contribution in [-0.2, 0) is 4.79 Å². The fourth-order valence-electron chi connectivity index (χ4n) is 3.05. The van der Waals surface area contributed by atoms with Gasteiger partial charge in [-0.25, -0.2) is 0 Å². The number of amides is 2. The quantitative estimate of drug-likeness (QED) is 0.880. The van der Waals surface area contributed by atoms with E-state index in [0.717, 1.165) is 11.1 Å². The molecule has 3 rings (SSSR count). The van der Waals surface area contributed by atoms with Crippen molar-refractivity contribution in [2.75, 3.05) is 31.6 Å². The van der Waals surface area contributed by atoms with Crippen LogP contribution in [0.4, 0.5) is 5.69 Å². The molecule has 2 aromatic rings. The van der Waals surface area contributed by atoms with Crippen molar-refractivity contribution in [2.45, 2.75) is 20.8 Å². The van der Waals surface area contributed by atoms with Crippen LogP contribution in [0, 0.1) is 13.8 Å². The number of ether oxygens (including phenoxy) is 2. The number of nitrogens with one attached hydrogen (secondary N) is 1. The Morgan fingerprint density at radius 3 is 2.48 bits per heavy atom. The first-order valence-electron chi connectivity index (χ1n) is 9.04. The summed E-state index contributed by atoms with van der Waals surface area (Å²) in [6.45, 7) is 7.18. The molecule has 0 radical (unpaired) electrons. The maximum absolute atomic E-state index is 12.8. The van der Waals surface area contributed by atoms with Gasteiger partial charge in [0.1, 0.15) is 19.8 Å². The van der Waals surface area contributed by atoms with E-state index in [1.165, 1.54) is 4.90 Å². The predicted octanol–water partition coefficient (Wildman–Crippen LogP) is 3.18. The molecule has 1 aliphatic heterocycles. The highest BCUT2D eigenvalue weighted by Crippen LogP contribution is 2.32. The van der Waals surface area contributed by atoms with Gasteiger partial charge in [0, 0.05) is 23.9 Å². The van der Waals surface area contributed by atoms with Crippen LogP contribution in [0.15, 0.2) is 36.4 Å². The number of carbonyl (C=O) groups is 2. The number of benzene rings is 2. The van der Waals surface area contributed by atoms with Crippen LogP contribution >= 0.6 is 0 Å². The van der Waals surface area contributed by atoms with Crippen LogP contribution in [-0.4, -0.2) is 43.0 Å². The summed E-state index contributed by atoms with van der Waals surface area (Å²) in [7, 11) is 0. The van der Waals surface area contributed by atoms with Crippen molar-refractivity contribution in [3.63, 3.8) is 0 Å². The molecule has 0 spiro atoms. The third-order valence-electron chi connectivity index (χ3n) is 4.44. The highest BCUT2D eigenvalue weighted by Gasteiger charge is 2.20. The molecule has 0 aliphatic carbocycles. The van der Waals surface area contributed by atoms with Gasteiger partial charge < -0.3 is 19.7 Å². The van der Waals surface area contributed by atoms with Crippen molar-refractivity contribution in [2.24, 2.45) is 0 Å². The Kier molecular flexibility index (Phi) is 5.64. The Hall–Kier alpha value is -3.02. The SMILES string of the molecule is CCN(CC(=O)Nc1ccc2c(c1)OCCO2)C(=O)c1ccc(C)cc1C. The molecule has 1 N–H and O–H groups in total. The summed E-state index contributed by atoms with van der Waals surface area (Å²) in [6.07, 6.45) is 0. The summed E-state index contributed by atoms with van der Waals surface area (Å²) in [6, 6.07) is 10.9. The zero-order valence-corrected chi connectivity index (χ0v) is 15.9. The highest BCUT2D eigenvalue weighted by molar-refractivity contribution is 6.00. The molecule has 1 heterocycles. The minimum atomic E-state index is -0.258. The van der Waals surface area contributed by atoms with Gasteiger partial charge in [-0.3, -0.25) is 9.59 Å². The maximum atomic E-state index is 12.8. The smallest absolute Gasteiger partial charge is 0.254 e. The van der Waals surface area contributed by atoms with Crippen LogP contribution in [0.1, 0.15) is 28.4 Å². The molecule has 2 amide bonds. The van der Waals surface area contributed by atoms with E-state index in [2.05, 4.69) is 5.32 Å². The summed E-state index contributed by atoms with van der Waals surface area (Å²) in [4.78, 5) is 26.8. The third kappa shape index (κ3) is 4.39. The summed E-state index contributed by atoms with van der Waals surface area (Å²) in [5.41, 5.74) is 3.24. The largest absolute Gasteiger partial charge is 0.486 e. The number of likely N-dealkylation sites (N-methyl/N-ethyl adjacent to an activating group) is 1. The van der Waals surface area contributed by atoms with Gasteiger partial charge >= 0.3 is 0 Å². The molecule has 0 aromatic heterocycles. The summed E-state index contributed by atoms with van der Waals surface area (Å²) >= 11 is 0. The zero-order chi connectivity index (χ0) is 19.4. The standard InChI is InChI=1S/C21H24N2O4/c1-4-23(21(25)17-7-5-14(2)11-15(17)3)13-20(24)22-16-6-8-18-19(12-16)27-10-9-26-18/h5-8,11-12H,4,9-10,13H2,1-3H3,(H,22,24). The van der Waals surface area contributed by atoms with Gasteiger partial charge in [0.2, 0.25) is 5.91 Å². The summed E-state index contributed by atoms with van der Waals surface area (Å²) in [5.74, 6) is 0.871. The van der Waals surface area contributed by atoms with Gasteiger partial charge in [-0.15, -0.1) is 0 Å². The van der Waals surface area contributed by atoms with E-state index in [1.54, 1.807) is 18.2 Å².